The van der Waals surface area contributed by atoms with E-state index < -0.39 is 17.6 Å². The third kappa shape index (κ3) is 6.43. The first-order valence-electron chi connectivity index (χ1n) is 13.1. The van der Waals surface area contributed by atoms with Gasteiger partial charge >= 0.3 is 5.97 Å². The standard InChI is InChI=1S/C32H26F2N4O4/c1-41-12-11-38-29-14-20(15-32(39)40)6-10-28(29)36-30(38)17-22-8-9-23(16-26(22)34)27-3-2-4-31(37-27)42-19-24-7-5-21(18-35)13-25(24)33/h2-10,13-14,16H,11-12,15,17,19H2,1H3,(H,39,40). The van der Waals surface area contributed by atoms with Gasteiger partial charge in [0.05, 0.1) is 41.4 Å². The molecule has 0 saturated heterocycles. The van der Waals surface area contributed by atoms with E-state index in [1.165, 1.54) is 18.2 Å². The van der Waals surface area contributed by atoms with E-state index in [-0.39, 0.29) is 36.5 Å². The Morgan fingerprint density at radius 1 is 1.00 bits per heavy atom. The maximum atomic E-state index is 15.4. The van der Waals surface area contributed by atoms with Crippen LogP contribution in [-0.2, 0) is 35.5 Å². The van der Waals surface area contributed by atoms with Crippen LogP contribution in [0, 0.1) is 23.0 Å². The minimum atomic E-state index is -0.925. The Labute approximate surface area is 240 Å². The second kappa shape index (κ2) is 12.6. The molecule has 0 radical (unpaired) electrons. The fraction of sp³-hybridized carbons (Fsp3) is 0.188. The number of fused-ring (bicyclic) bond motifs is 1. The zero-order valence-electron chi connectivity index (χ0n) is 22.7. The van der Waals surface area contributed by atoms with Crippen LogP contribution in [0.15, 0.2) is 72.8 Å². The minimum Gasteiger partial charge on any atom is -0.481 e. The monoisotopic (exact) mass is 568 g/mol. The number of ether oxygens (including phenoxy) is 2. The number of rotatable bonds is 11. The number of nitriles is 1. The van der Waals surface area contributed by atoms with Gasteiger partial charge in [-0.1, -0.05) is 30.3 Å². The van der Waals surface area contributed by atoms with Gasteiger partial charge in [0.15, 0.2) is 0 Å². The quantitative estimate of drug-likeness (QED) is 0.218. The molecule has 0 saturated carbocycles. The Hall–Kier alpha value is -5.14. The van der Waals surface area contributed by atoms with E-state index in [1.54, 1.807) is 55.6 Å². The SMILES string of the molecule is COCCn1c(Cc2ccc(-c3cccc(OCc4ccc(C#N)cc4F)n3)cc2F)nc2ccc(CC(=O)O)cc21. The van der Waals surface area contributed by atoms with Crippen LogP contribution in [-0.4, -0.2) is 39.3 Å². The molecule has 0 amide bonds. The third-order valence-electron chi connectivity index (χ3n) is 6.74. The molecule has 0 atom stereocenters. The maximum absolute atomic E-state index is 15.4. The average Bonchev–Trinajstić information content (AvgIpc) is 3.32. The van der Waals surface area contributed by atoms with E-state index in [0.29, 0.717) is 46.9 Å². The summed E-state index contributed by atoms with van der Waals surface area (Å²) in [6.45, 7) is 0.801. The van der Waals surface area contributed by atoms with Gasteiger partial charge in [-0.15, -0.1) is 0 Å². The number of aliphatic carboxylic acids is 1. The number of benzene rings is 3. The van der Waals surface area contributed by atoms with Crippen molar-refractivity contribution >= 4 is 17.0 Å². The summed E-state index contributed by atoms with van der Waals surface area (Å²) >= 11 is 0. The van der Waals surface area contributed by atoms with Crippen LogP contribution < -0.4 is 4.74 Å². The molecule has 2 heterocycles. The number of carboxylic acids is 1. The zero-order valence-corrected chi connectivity index (χ0v) is 22.7. The van der Waals surface area contributed by atoms with Crippen molar-refractivity contribution in [1.29, 1.82) is 5.26 Å². The second-order valence-electron chi connectivity index (χ2n) is 9.62. The molecule has 1 N–H and O–H groups in total. The van der Waals surface area contributed by atoms with Crippen LogP contribution in [0.2, 0.25) is 0 Å². The third-order valence-corrected chi connectivity index (χ3v) is 6.74. The molecule has 10 heteroatoms. The van der Waals surface area contributed by atoms with Crippen LogP contribution in [0.3, 0.4) is 0 Å². The highest BCUT2D eigenvalue weighted by Crippen LogP contribution is 2.26. The van der Waals surface area contributed by atoms with E-state index in [2.05, 4.69) is 4.98 Å². The first-order valence-corrected chi connectivity index (χ1v) is 13.1. The lowest BCUT2D eigenvalue weighted by atomic mass is 10.1. The molecule has 212 valence electrons. The first-order chi connectivity index (χ1) is 20.3. The Balaban J connectivity index is 1.36. The second-order valence-corrected chi connectivity index (χ2v) is 9.62. The van der Waals surface area contributed by atoms with E-state index in [1.807, 2.05) is 10.6 Å². The Kier molecular flexibility index (Phi) is 8.50. The highest BCUT2D eigenvalue weighted by atomic mass is 19.1. The van der Waals surface area contributed by atoms with Gasteiger partial charge in [0, 0.05) is 37.3 Å². The van der Waals surface area contributed by atoms with Crippen LogP contribution in [0.5, 0.6) is 5.88 Å². The number of hydrogen-bond donors (Lipinski definition) is 1. The molecule has 0 fully saturated rings. The number of hydrogen-bond acceptors (Lipinski definition) is 6. The van der Waals surface area contributed by atoms with E-state index in [9.17, 15) is 14.3 Å². The van der Waals surface area contributed by atoms with Gasteiger partial charge in [-0.05, 0) is 47.5 Å². The number of imidazole rings is 1. The predicted octanol–water partition coefficient (Wildman–Crippen LogP) is 5.69. The molecule has 0 bridgehead atoms. The van der Waals surface area contributed by atoms with Crippen molar-refractivity contribution in [2.45, 2.75) is 26.0 Å². The summed E-state index contributed by atoms with van der Waals surface area (Å²) in [7, 11) is 1.59. The summed E-state index contributed by atoms with van der Waals surface area (Å²) < 4.78 is 42.4. The number of methoxy groups -OCH3 is 1. The number of carbonyl (C=O) groups is 1. The molecule has 42 heavy (non-hydrogen) atoms. The van der Waals surface area contributed by atoms with Crippen molar-refractivity contribution in [2.24, 2.45) is 0 Å². The minimum absolute atomic E-state index is 0.0802. The Morgan fingerprint density at radius 2 is 1.81 bits per heavy atom. The highest BCUT2D eigenvalue weighted by Gasteiger charge is 2.16. The van der Waals surface area contributed by atoms with Gasteiger partial charge in [-0.25, -0.2) is 18.7 Å². The summed E-state index contributed by atoms with van der Waals surface area (Å²) in [5.41, 5.74) is 4.06. The van der Waals surface area contributed by atoms with Crippen molar-refractivity contribution in [3.8, 4) is 23.2 Å². The maximum Gasteiger partial charge on any atom is 0.307 e. The van der Waals surface area contributed by atoms with Gasteiger partial charge in [-0.3, -0.25) is 4.79 Å². The summed E-state index contributed by atoms with van der Waals surface area (Å²) in [4.78, 5) is 20.3. The number of pyridine rings is 1. The van der Waals surface area contributed by atoms with Gasteiger partial charge in [0.2, 0.25) is 5.88 Å². The molecule has 0 aliphatic rings. The van der Waals surface area contributed by atoms with Crippen molar-refractivity contribution in [3.05, 3.63) is 113 Å². The summed E-state index contributed by atoms with van der Waals surface area (Å²) in [6, 6.07) is 21.3. The molecule has 5 rings (SSSR count). The van der Waals surface area contributed by atoms with Gasteiger partial charge < -0.3 is 19.1 Å². The predicted molar refractivity (Wildman–Crippen MR) is 151 cm³/mol. The molecule has 0 spiro atoms. The smallest absolute Gasteiger partial charge is 0.307 e. The lowest BCUT2D eigenvalue weighted by Gasteiger charge is -2.11. The van der Waals surface area contributed by atoms with Crippen molar-refractivity contribution in [2.75, 3.05) is 13.7 Å². The van der Waals surface area contributed by atoms with E-state index in [0.717, 1.165) is 11.6 Å². The molecule has 3 aromatic carbocycles. The van der Waals surface area contributed by atoms with E-state index in [4.69, 9.17) is 19.7 Å². The Bertz CT molecular complexity index is 1810. The molecular formula is C32H26F2N4O4. The zero-order chi connectivity index (χ0) is 29.6. The molecule has 0 unspecified atom stereocenters. The van der Waals surface area contributed by atoms with Crippen molar-refractivity contribution < 1.29 is 28.2 Å². The average molecular weight is 569 g/mol. The largest absolute Gasteiger partial charge is 0.481 e. The molecule has 2 aromatic heterocycles. The van der Waals surface area contributed by atoms with Gasteiger partial charge in [-0.2, -0.15) is 5.26 Å². The fourth-order valence-corrected chi connectivity index (χ4v) is 4.63. The molecule has 5 aromatic rings. The van der Waals surface area contributed by atoms with Crippen LogP contribution in [0.1, 0.15) is 28.1 Å². The topological polar surface area (TPSA) is 110 Å². The summed E-state index contributed by atoms with van der Waals surface area (Å²) in [5, 5.41) is 18.1. The number of carboxylic acid groups (broad SMARTS) is 1. The van der Waals surface area contributed by atoms with Crippen LogP contribution in [0.25, 0.3) is 22.3 Å². The van der Waals surface area contributed by atoms with E-state index >= 15 is 4.39 Å². The molecular weight excluding hydrogens is 542 g/mol. The van der Waals surface area contributed by atoms with Gasteiger partial charge in [0.1, 0.15) is 24.1 Å². The van der Waals surface area contributed by atoms with Crippen molar-refractivity contribution in [1.82, 2.24) is 14.5 Å². The number of nitrogens with zero attached hydrogens (tertiary/aromatic N) is 4. The molecule has 0 aliphatic carbocycles. The van der Waals surface area contributed by atoms with Crippen LogP contribution >= 0.6 is 0 Å². The lowest BCUT2D eigenvalue weighted by Crippen LogP contribution is -2.10. The fourth-order valence-electron chi connectivity index (χ4n) is 4.63. The summed E-state index contributed by atoms with van der Waals surface area (Å²) in [6.07, 6.45) is 0.106. The number of halogens is 2. The summed E-state index contributed by atoms with van der Waals surface area (Å²) in [5.74, 6) is -1.03. The lowest BCUT2D eigenvalue weighted by molar-refractivity contribution is -0.136. The van der Waals surface area contributed by atoms with Crippen LogP contribution in [0.4, 0.5) is 8.78 Å². The first kappa shape index (κ1) is 28.4. The van der Waals surface area contributed by atoms with Gasteiger partial charge in [0.25, 0.3) is 0 Å². The Morgan fingerprint density at radius 3 is 2.55 bits per heavy atom. The van der Waals surface area contributed by atoms with Crippen molar-refractivity contribution in [3.63, 3.8) is 0 Å². The number of aromatic nitrogens is 3. The molecule has 0 aliphatic heterocycles. The molecule has 8 nitrogen and oxygen atoms in total. The normalized spacial score (nSPS) is 11.0. The highest BCUT2D eigenvalue weighted by molar-refractivity contribution is 5.79.